The van der Waals surface area contributed by atoms with E-state index in [-0.39, 0.29) is 22.6 Å². The smallest absolute Gasteiger partial charge is 0.274 e. The summed E-state index contributed by atoms with van der Waals surface area (Å²) in [5.74, 6) is 0.147. The van der Waals surface area contributed by atoms with E-state index >= 15 is 0 Å². The molecule has 1 aromatic rings. The topological polar surface area (TPSA) is 75.5 Å². The second-order valence-corrected chi connectivity index (χ2v) is 4.86. The van der Waals surface area contributed by atoms with Crippen LogP contribution < -0.4 is 5.32 Å². The second kappa shape index (κ2) is 5.26. The molecule has 19 heavy (non-hydrogen) atoms. The Hall–Kier alpha value is -2.11. The molecule has 6 nitrogen and oxygen atoms in total. The van der Waals surface area contributed by atoms with Gasteiger partial charge in [-0.2, -0.15) is 0 Å². The van der Waals surface area contributed by atoms with Crippen LogP contribution in [0.15, 0.2) is 18.2 Å². The van der Waals surface area contributed by atoms with E-state index < -0.39 is 0 Å². The fourth-order valence-electron chi connectivity index (χ4n) is 2.33. The minimum Gasteiger partial charge on any atom is -0.380 e. The molecule has 0 aliphatic carbocycles. The lowest BCUT2D eigenvalue weighted by molar-refractivity contribution is -0.385. The maximum atomic E-state index is 11.4. The zero-order valence-electron chi connectivity index (χ0n) is 11.0. The summed E-state index contributed by atoms with van der Waals surface area (Å²) in [6.07, 6.45) is 1.27. The molecule has 0 spiro atoms. The zero-order chi connectivity index (χ0) is 14.0. The fourth-order valence-corrected chi connectivity index (χ4v) is 2.33. The highest BCUT2D eigenvalue weighted by atomic mass is 16.6. The predicted octanol–water partition coefficient (Wildman–Crippen LogP) is 1.94. The number of piperidine rings is 1. The first-order valence-corrected chi connectivity index (χ1v) is 6.23. The highest BCUT2D eigenvalue weighted by Gasteiger charge is 2.23. The van der Waals surface area contributed by atoms with Crippen LogP contribution in [0.1, 0.15) is 18.4 Å². The fraction of sp³-hybridized carbons (Fsp3) is 0.462. The number of nitro benzene ring substituents is 1. The van der Waals surface area contributed by atoms with Gasteiger partial charge in [0.15, 0.2) is 0 Å². The minimum atomic E-state index is -0.378. The number of hydrogen-bond acceptors (Lipinski definition) is 4. The van der Waals surface area contributed by atoms with Gasteiger partial charge in [0.05, 0.1) is 4.92 Å². The third-order valence-corrected chi connectivity index (χ3v) is 3.49. The Kier molecular flexibility index (Phi) is 3.69. The number of carbonyl (C=O) groups is 1. The van der Waals surface area contributed by atoms with Gasteiger partial charge in [0.1, 0.15) is 0 Å². The number of nitro groups is 1. The maximum Gasteiger partial charge on any atom is 0.274 e. The van der Waals surface area contributed by atoms with Gasteiger partial charge in [-0.15, -0.1) is 0 Å². The van der Waals surface area contributed by atoms with Crippen LogP contribution in [0.25, 0.3) is 0 Å². The SMILES string of the molecule is Cc1c(NC2CCC(=O)N(C)C2)cccc1[N+](=O)[O-]. The summed E-state index contributed by atoms with van der Waals surface area (Å²) >= 11 is 0. The molecule has 1 aliphatic rings. The molecule has 1 unspecified atom stereocenters. The predicted molar refractivity (Wildman–Crippen MR) is 72.1 cm³/mol. The molecule has 1 saturated heterocycles. The molecule has 1 aromatic carbocycles. The van der Waals surface area contributed by atoms with Crippen molar-refractivity contribution < 1.29 is 9.72 Å². The Bertz CT molecular complexity index is 516. The number of likely N-dealkylation sites (tertiary alicyclic amines) is 1. The van der Waals surface area contributed by atoms with Gasteiger partial charge in [0.25, 0.3) is 5.69 Å². The van der Waals surface area contributed by atoms with Gasteiger partial charge in [-0.3, -0.25) is 14.9 Å². The Morgan fingerprint density at radius 2 is 2.21 bits per heavy atom. The molecule has 1 N–H and O–H groups in total. The van der Waals surface area contributed by atoms with Crippen LogP contribution in [0.2, 0.25) is 0 Å². The van der Waals surface area contributed by atoms with Crippen LogP contribution in [0.4, 0.5) is 11.4 Å². The number of hydrogen-bond donors (Lipinski definition) is 1. The van der Waals surface area contributed by atoms with Crippen LogP contribution in [-0.4, -0.2) is 35.4 Å². The van der Waals surface area contributed by atoms with Crippen LogP contribution >= 0.6 is 0 Å². The van der Waals surface area contributed by atoms with E-state index in [1.165, 1.54) is 6.07 Å². The van der Waals surface area contributed by atoms with E-state index in [1.54, 1.807) is 24.9 Å². The standard InChI is InChI=1S/C13H17N3O3/c1-9-11(4-3-5-12(9)16(18)19)14-10-6-7-13(17)15(2)8-10/h3-5,10,14H,6-8H2,1-2H3. The van der Waals surface area contributed by atoms with E-state index in [1.807, 2.05) is 6.07 Å². The largest absolute Gasteiger partial charge is 0.380 e. The Balaban J connectivity index is 2.13. The van der Waals surface area contributed by atoms with Crippen LogP contribution in [0, 0.1) is 17.0 Å². The number of carbonyl (C=O) groups excluding carboxylic acids is 1. The van der Waals surface area contributed by atoms with E-state index in [2.05, 4.69) is 5.32 Å². The maximum absolute atomic E-state index is 11.4. The highest BCUT2D eigenvalue weighted by Crippen LogP contribution is 2.26. The van der Waals surface area contributed by atoms with Gasteiger partial charge in [-0.25, -0.2) is 0 Å². The number of anilines is 1. The quantitative estimate of drug-likeness (QED) is 0.668. The first-order valence-electron chi connectivity index (χ1n) is 6.23. The molecule has 102 valence electrons. The number of amides is 1. The molecule has 0 saturated carbocycles. The van der Waals surface area contributed by atoms with Gasteiger partial charge in [0, 0.05) is 43.4 Å². The van der Waals surface area contributed by atoms with E-state index in [4.69, 9.17) is 0 Å². The summed E-state index contributed by atoms with van der Waals surface area (Å²) in [5, 5.41) is 14.2. The van der Waals surface area contributed by atoms with Crippen molar-refractivity contribution in [2.24, 2.45) is 0 Å². The number of rotatable bonds is 3. The van der Waals surface area contributed by atoms with Gasteiger partial charge < -0.3 is 10.2 Å². The summed E-state index contributed by atoms with van der Waals surface area (Å²) in [6, 6.07) is 5.14. The first-order chi connectivity index (χ1) is 8.99. The van der Waals surface area contributed by atoms with E-state index in [0.717, 1.165) is 12.1 Å². The first kappa shape index (κ1) is 13.3. The van der Waals surface area contributed by atoms with Gasteiger partial charge >= 0.3 is 0 Å². The number of nitrogens with one attached hydrogen (secondary N) is 1. The molecule has 2 rings (SSSR count). The van der Waals surface area contributed by atoms with Crippen molar-refractivity contribution in [1.82, 2.24) is 4.90 Å². The Morgan fingerprint density at radius 3 is 2.84 bits per heavy atom. The second-order valence-electron chi connectivity index (χ2n) is 4.86. The van der Waals surface area contributed by atoms with Crippen molar-refractivity contribution in [2.45, 2.75) is 25.8 Å². The van der Waals surface area contributed by atoms with Crippen molar-refractivity contribution in [2.75, 3.05) is 18.9 Å². The van der Waals surface area contributed by atoms with Gasteiger partial charge in [-0.1, -0.05) is 6.07 Å². The van der Waals surface area contributed by atoms with E-state index in [0.29, 0.717) is 18.5 Å². The summed E-state index contributed by atoms with van der Waals surface area (Å²) in [5.41, 5.74) is 1.51. The zero-order valence-corrected chi connectivity index (χ0v) is 11.0. The molecular weight excluding hydrogens is 246 g/mol. The molecule has 1 aliphatic heterocycles. The normalized spacial score (nSPS) is 19.4. The molecule has 0 radical (unpaired) electrons. The third kappa shape index (κ3) is 2.83. The summed E-state index contributed by atoms with van der Waals surface area (Å²) in [6.45, 7) is 2.36. The van der Waals surface area contributed by atoms with Crippen molar-refractivity contribution in [1.29, 1.82) is 0 Å². The lowest BCUT2D eigenvalue weighted by Gasteiger charge is -2.31. The van der Waals surface area contributed by atoms with Gasteiger partial charge in [-0.05, 0) is 19.4 Å². The average Bonchev–Trinajstić information content (AvgIpc) is 2.36. The molecule has 1 fully saturated rings. The summed E-state index contributed by atoms with van der Waals surface area (Å²) < 4.78 is 0. The number of nitrogens with zero attached hydrogens (tertiary/aromatic N) is 2. The molecular formula is C13H17N3O3. The summed E-state index contributed by atoms with van der Waals surface area (Å²) in [7, 11) is 1.77. The lowest BCUT2D eigenvalue weighted by Crippen LogP contribution is -2.43. The molecule has 0 bridgehead atoms. The highest BCUT2D eigenvalue weighted by molar-refractivity contribution is 5.77. The van der Waals surface area contributed by atoms with Crippen molar-refractivity contribution in [3.05, 3.63) is 33.9 Å². The summed E-state index contributed by atoms with van der Waals surface area (Å²) in [4.78, 5) is 23.6. The minimum absolute atomic E-state index is 0.116. The third-order valence-electron chi connectivity index (χ3n) is 3.49. The van der Waals surface area contributed by atoms with Crippen molar-refractivity contribution in [3.8, 4) is 0 Å². The van der Waals surface area contributed by atoms with Crippen molar-refractivity contribution in [3.63, 3.8) is 0 Å². The van der Waals surface area contributed by atoms with E-state index in [9.17, 15) is 14.9 Å². The van der Waals surface area contributed by atoms with Crippen LogP contribution in [0.5, 0.6) is 0 Å². The Labute approximate surface area is 111 Å². The molecule has 1 heterocycles. The monoisotopic (exact) mass is 263 g/mol. The van der Waals surface area contributed by atoms with Crippen LogP contribution in [0.3, 0.4) is 0 Å². The average molecular weight is 263 g/mol. The molecule has 1 amide bonds. The molecule has 6 heteroatoms. The molecule has 0 aromatic heterocycles. The van der Waals surface area contributed by atoms with Gasteiger partial charge in [0.2, 0.25) is 5.91 Å². The molecule has 1 atom stereocenters. The lowest BCUT2D eigenvalue weighted by atomic mass is 10.0. The number of likely N-dealkylation sites (N-methyl/N-ethyl adjacent to an activating group) is 1. The van der Waals surface area contributed by atoms with Crippen LogP contribution in [-0.2, 0) is 4.79 Å². The van der Waals surface area contributed by atoms with Crippen molar-refractivity contribution >= 4 is 17.3 Å². The number of benzene rings is 1. The Morgan fingerprint density at radius 1 is 1.47 bits per heavy atom.